The molecule has 0 spiro atoms. The molecule has 4 nitrogen and oxygen atoms in total. The van der Waals surface area contributed by atoms with E-state index in [2.05, 4.69) is 42.9 Å². The zero-order valence-corrected chi connectivity index (χ0v) is 13.2. The first-order valence-corrected chi connectivity index (χ1v) is 8.31. The second kappa shape index (κ2) is 8.54. The lowest BCUT2D eigenvalue weighted by Crippen LogP contribution is -2.32. The van der Waals surface area contributed by atoms with Gasteiger partial charge in [-0.25, -0.2) is 13.0 Å². The van der Waals surface area contributed by atoms with Gasteiger partial charge >= 0.3 is 0 Å². The Morgan fingerprint density at radius 1 is 1.05 bits per heavy atom. The van der Waals surface area contributed by atoms with E-state index in [4.69, 9.17) is 0 Å². The number of pyridine rings is 1. The van der Waals surface area contributed by atoms with Crippen LogP contribution >= 0.6 is 0 Å². The van der Waals surface area contributed by atoms with Crippen molar-refractivity contribution in [3.63, 3.8) is 0 Å². The Balaban J connectivity index is 0.000000211. The molecule has 0 aliphatic carbocycles. The third kappa shape index (κ3) is 7.02. The molecule has 1 aromatic heterocycles. The number of hydrogen-bond acceptors (Lipinski definition) is 3. The molecule has 0 amide bonds. The van der Waals surface area contributed by atoms with Crippen LogP contribution in [0.4, 0.5) is 0 Å². The standard InChI is InChI=1S/C10H16N.C6H6O3S/c1-3-4-7-11-8-5-10(2)6-9-11;7-10(8,9)6-4-2-1-3-5-6/h5-6,8-9H,3-4,7H2,1-2H3;1-5H,(H,7,8,9)/q+1;/p-1. The summed E-state index contributed by atoms with van der Waals surface area (Å²) < 4.78 is 33.1. The van der Waals surface area contributed by atoms with Gasteiger partial charge in [0.2, 0.25) is 0 Å². The van der Waals surface area contributed by atoms with Crippen LogP contribution in [0, 0.1) is 6.92 Å². The van der Waals surface area contributed by atoms with Gasteiger partial charge in [-0.15, -0.1) is 0 Å². The van der Waals surface area contributed by atoms with Crippen molar-refractivity contribution in [1.82, 2.24) is 0 Å². The number of unbranched alkanes of at least 4 members (excludes halogenated alkanes) is 1. The number of hydrogen-bond donors (Lipinski definition) is 0. The molecule has 0 bridgehead atoms. The summed E-state index contributed by atoms with van der Waals surface area (Å²) in [6.45, 7) is 5.48. The van der Waals surface area contributed by atoms with Gasteiger partial charge in [-0.2, -0.15) is 0 Å². The summed E-state index contributed by atoms with van der Waals surface area (Å²) in [4.78, 5) is -0.185. The SMILES string of the molecule is CCCC[n+]1ccc(C)cc1.O=S(=O)([O-])c1ccccc1. The van der Waals surface area contributed by atoms with Crippen molar-refractivity contribution in [3.8, 4) is 0 Å². The summed E-state index contributed by atoms with van der Waals surface area (Å²) >= 11 is 0. The van der Waals surface area contributed by atoms with Gasteiger partial charge in [0.05, 0.1) is 4.90 Å². The molecule has 0 aliphatic heterocycles. The van der Waals surface area contributed by atoms with E-state index in [9.17, 15) is 13.0 Å². The van der Waals surface area contributed by atoms with E-state index < -0.39 is 10.1 Å². The fourth-order valence-corrected chi connectivity index (χ4v) is 2.10. The molecule has 2 aromatic rings. The van der Waals surface area contributed by atoms with Gasteiger partial charge in [-0.3, -0.25) is 0 Å². The van der Waals surface area contributed by atoms with Crippen LogP contribution in [-0.4, -0.2) is 13.0 Å². The Kier molecular flexibility index (Phi) is 7.05. The first-order chi connectivity index (χ1) is 9.93. The highest BCUT2D eigenvalue weighted by atomic mass is 32.2. The van der Waals surface area contributed by atoms with E-state index in [1.54, 1.807) is 6.07 Å². The lowest BCUT2D eigenvalue weighted by Gasteiger charge is -2.04. The van der Waals surface area contributed by atoms with Crippen LogP contribution in [0.1, 0.15) is 25.3 Å². The highest BCUT2D eigenvalue weighted by Crippen LogP contribution is 2.04. The Morgan fingerprint density at radius 3 is 2.05 bits per heavy atom. The molecule has 0 saturated carbocycles. The van der Waals surface area contributed by atoms with Crippen LogP contribution in [0.15, 0.2) is 59.8 Å². The van der Waals surface area contributed by atoms with Crippen molar-refractivity contribution in [2.24, 2.45) is 0 Å². The maximum absolute atomic E-state index is 10.3. The number of benzene rings is 1. The number of rotatable bonds is 4. The Hall–Kier alpha value is -1.72. The van der Waals surface area contributed by atoms with E-state index in [1.165, 1.54) is 42.7 Å². The van der Waals surface area contributed by atoms with Crippen LogP contribution in [-0.2, 0) is 16.7 Å². The van der Waals surface area contributed by atoms with E-state index in [-0.39, 0.29) is 4.90 Å². The molecular weight excluding hydrogens is 286 g/mol. The fraction of sp³-hybridized carbons (Fsp3) is 0.312. The Labute approximate surface area is 126 Å². The average molecular weight is 307 g/mol. The quantitative estimate of drug-likeness (QED) is 0.644. The number of aromatic nitrogens is 1. The molecule has 114 valence electrons. The monoisotopic (exact) mass is 307 g/mol. The Bertz CT molecular complexity index is 622. The predicted molar refractivity (Wildman–Crippen MR) is 80.7 cm³/mol. The van der Waals surface area contributed by atoms with Gasteiger partial charge in [0.15, 0.2) is 12.4 Å². The first-order valence-electron chi connectivity index (χ1n) is 6.90. The minimum atomic E-state index is -4.25. The summed E-state index contributed by atoms with van der Waals surface area (Å²) in [5.74, 6) is 0. The van der Waals surface area contributed by atoms with E-state index in [0.717, 1.165) is 6.54 Å². The predicted octanol–water partition coefficient (Wildman–Crippen LogP) is 2.67. The maximum Gasteiger partial charge on any atom is 0.169 e. The average Bonchev–Trinajstić information content (AvgIpc) is 2.47. The first kappa shape index (κ1) is 17.3. The summed E-state index contributed by atoms with van der Waals surface area (Å²) in [6, 6.07) is 11.5. The van der Waals surface area contributed by atoms with Crippen molar-refractivity contribution in [1.29, 1.82) is 0 Å². The summed E-state index contributed by atoms with van der Waals surface area (Å²) in [7, 11) is -4.25. The molecule has 0 radical (unpaired) electrons. The summed E-state index contributed by atoms with van der Waals surface area (Å²) in [5.41, 5.74) is 1.33. The van der Waals surface area contributed by atoms with E-state index in [1.807, 2.05) is 0 Å². The zero-order valence-electron chi connectivity index (χ0n) is 12.4. The van der Waals surface area contributed by atoms with Crippen LogP contribution in [0.3, 0.4) is 0 Å². The lowest BCUT2D eigenvalue weighted by atomic mass is 10.3. The van der Waals surface area contributed by atoms with Gasteiger partial charge in [0.25, 0.3) is 0 Å². The lowest BCUT2D eigenvalue weighted by molar-refractivity contribution is -0.697. The van der Waals surface area contributed by atoms with Gasteiger partial charge in [-0.1, -0.05) is 31.5 Å². The topological polar surface area (TPSA) is 61.1 Å². The fourth-order valence-electron chi connectivity index (χ4n) is 1.61. The second-order valence-corrected chi connectivity index (χ2v) is 6.11. The van der Waals surface area contributed by atoms with Gasteiger partial charge < -0.3 is 4.55 Å². The molecule has 0 atom stereocenters. The van der Waals surface area contributed by atoms with Gasteiger partial charge in [-0.05, 0) is 24.6 Å². The third-order valence-corrected chi connectivity index (χ3v) is 3.71. The molecule has 0 N–H and O–H groups in total. The molecule has 5 heteroatoms. The molecule has 0 unspecified atom stereocenters. The minimum absolute atomic E-state index is 0.185. The zero-order chi connectivity index (χ0) is 15.7. The number of nitrogens with zero attached hydrogens (tertiary/aromatic N) is 1. The molecule has 21 heavy (non-hydrogen) atoms. The van der Waals surface area contributed by atoms with Crippen LogP contribution in [0.2, 0.25) is 0 Å². The largest absolute Gasteiger partial charge is 0.744 e. The second-order valence-electron chi connectivity index (χ2n) is 4.73. The molecular formula is C16H21NO3S. The van der Waals surface area contributed by atoms with Crippen LogP contribution in [0.5, 0.6) is 0 Å². The maximum atomic E-state index is 10.3. The third-order valence-electron chi connectivity index (χ3n) is 2.86. The van der Waals surface area contributed by atoms with Crippen molar-refractivity contribution in [2.45, 2.75) is 38.1 Å². The highest BCUT2D eigenvalue weighted by Gasteiger charge is 1.96. The van der Waals surface area contributed by atoms with Crippen molar-refractivity contribution >= 4 is 10.1 Å². The molecule has 0 fully saturated rings. The van der Waals surface area contributed by atoms with E-state index in [0.29, 0.717) is 0 Å². The highest BCUT2D eigenvalue weighted by molar-refractivity contribution is 7.85. The molecule has 2 rings (SSSR count). The summed E-state index contributed by atoms with van der Waals surface area (Å²) in [6.07, 6.45) is 6.82. The van der Waals surface area contributed by atoms with Crippen molar-refractivity contribution in [3.05, 3.63) is 60.4 Å². The summed E-state index contributed by atoms with van der Waals surface area (Å²) in [5, 5.41) is 0. The van der Waals surface area contributed by atoms with Gasteiger partial charge in [0, 0.05) is 18.6 Å². The van der Waals surface area contributed by atoms with Crippen LogP contribution < -0.4 is 4.57 Å². The molecule has 0 aliphatic rings. The number of aryl methyl sites for hydroxylation is 2. The molecule has 1 heterocycles. The van der Waals surface area contributed by atoms with Crippen molar-refractivity contribution in [2.75, 3.05) is 0 Å². The van der Waals surface area contributed by atoms with Crippen molar-refractivity contribution < 1.29 is 17.5 Å². The van der Waals surface area contributed by atoms with Crippen LogP contribution in [0.25, 0.3) is 0 Å². The molecule has 1 aromatic carbocycles. The molecule has 0 saturated heterocycles. The normalized spacial score (nSPS) is 10.6. The van der Waals surface area contributed by atoms with E-state index >= 15 is 0 Å². The minimum Gasteiger partial charge on any atom is -0.744 e. The Morgan fingerprint density at radius 2 is 1.62 bits per heavy atom. The van der Waals surface area contributed by atoms with Gasteiger partial charge in [0.1, 0.15) is 16.7 Å². The smallest absolute Gasteiger partial charge is 0.169 e.